The number of nitro groups is 1. The summed E-state index contributed by atoms with van der Waals surface area (Å²) >= 11 is 5.96. The smallest absolute Gasteiger partial charge is 0.342 e. The van der Waals surface area contributed by atoms with E-state index in [0.717, 1.165) is 12.3 Å². The van der Waals surface area contributed by atoms with E-state index in [1.165, 1.54) is 0 Å². The molecular formula is C13H9ClN2O5. The van der Waals surface area contributed by atoms with Crippen molar-refractivity contribution in [2.45, 2.75) is 6.61 Å². The number of halogens is 1. The normalized spacial score (nSPS) is 10.1. The lowest BCUT2D eigenvalue weighted by atomic mass is 10.2. The predicted molar refractivity (Wildman–Crippen MR) is 73.6 cm³/mol. The summed E-state index contributed by atoms with van der Waals surface area (Å²) in [5.74, 6) is -1.45. The van der Waals surface area contributed by atoms with Crippen LogP contribution in [0.15, 0.2) is 36.5 Å². The standard InChI is InChI=1S/C13H9ClN2O5/c14-10-4-2-1-3-8(10)7-21-12-5-9(13(17)18)11(6-15-12)16(19)20/h1-6H,7H2,(H,17,18). The van der Waals surface area contributed by atoms with Crippen LogP contribution in [-0.4, -0.2) is 21.0 Å². The SMILES string of the molecule is O=C(O)c1cc(OCc2ccccc2Cl)ncc1[N+](=O)[O-]. The van der Waals surface area contributed by atoms with Crippen molar-refractivity contribution in [3.05, 3.63) is 62.8 Å². The number of carboxylic acids is 1. The number of ether oxygens (including phenoxy) is 1. The first-order valence-corrected chi connectivity index (χ1v) is 6.10. The summed E-state index contributed by atoms with van der Waals surface area (Å²) in [4.78, 5) is 24.6. The molecule has 0 saturated carbocycles. The highest BCUT2D eigenvalue weighted by Crippen LogP contribution is 2.23. The third-order valence-corrected chi connectivity index (χ3v) is 2.99. The minimum Gasteiger partial charge on any atom is -0.477 e. The molecule has 0 bridgehead atoms. The number of aromatic nitrogens is 1. The summed E-state index contributed by atoms with van der Waals surface area (Å²) in [6.07, 6.45) is 0.853. The molecule has 0 unspecified atom stereocenters. The van der Waals surface area contributed by atoms with Crippen molar-refractivity contribution in [1.82, 2.24) is 4.98 Å². The van der Waals surface area contributed by atoms with Gasteiger partial charge < -0.3 is 9.84 Å². The zero-order valence-electron chi connectivity index (χ0n) is 10.5. The molecular weight excluding hydrogens is 300 g/mol. The molecule has 1 aromatic heterocycles. The molecule has 0 spiro atoms. The fourth-order valence-corrected chi connectivity index (χ4v) is 1.78. The Hall–Kier alpha value is -2.67. The van der Waals surface area contributed by atoms with E-state index >= 15 is 0 Å². The second-order valence-corrected chi connectivity index (χ2v) is 4.39. The van der Waals surface area contributed by atoms with Crippen LogP contribution in [0.25, 0.3) is 0 Å². The maximum absolute atomic E-state index is 11.0. The Morgan fingerprint density at radius 2 is 2.14 bits per heavy atom. The van der Waals surface area contributed by atoms with Gasteiger partial charge in [0.1, 0.15) is 18.4 Å². The summed E-state index contributed by atoms with van der Waals surface area (Å²) in [6, 6.07) is 7.98. The third-order valence-electron chi connectivity index (χ3n) is 2.62. The van der Waals surface area contributed by atoms with Crippen LogP contribution in [-0.2, 0) is 6.61 Å². The Morgan fingerprint density at radius 3 is 2.76 bits per heavy atom. The van der Waals surface area contributed by atoms with Gasteiger partial charge in [0.25, 0.3) is 0 Å². The van der Waals surface area contributed by atoms with E-state index in [1.54, 1.807) is 24.3 Å². The van der Waals surface area contributed by atoms with Crippen LogP contribution in [0, 0.1) is 10.1 Å². The number of hydrogen-bond donors (Lipinski definition) is 1. The molecule has 0 amide bonds. The van der Waals surface area contributed by atoms with Gasteiger partial charge in [0.2, 0.25) is 5.88 Å². The largest absolute Gasteiger partial charge is 0.477 e. The van der Waals surface area contributed by atoms with Crippen LogP contribution in [0.1, 0.15) is 15.9 Å². The van der Waals surface area contributed by atoms with Crippen LogP contribution in [0.3, 0.4) is 0 Å². The number of aromatic carboxylic acids is 1. The summed E-state index contributed by atoms with van der Waals surface area (Å²) in [6.45, 7) is 0.0730. The molecule has 2 aromatic rings. The van der Waals surface area contributed by atoms with Crippen molar-refractivity contribution in [3.63, 3.8) is 0 Å². The van der Waals surface area contributed by atoms with Gasteiger partial charge in [-0.25, -0.2) is 9.78 Å². The maximum atomic E-state index is 11.0. The summed E-state index contributed by atoms with van der Waals surface area (Å²) < 4.78 is 5.32. The summed E-state index contributed by atoms with van der Waals surface area (Å²) in [7, 11) is 0. The number of pyridine rings is 1. The lowest BCUT2D eigenvalue weighted by Gasteiger charge is -2.07. The van der Waals surface area contributed by atoms with Crippen molar-refractivity contribution in [2.75, 3.05) is 0 Å². The quantitative estimate of drug-likeness (QED) is 0.673. The van der Waals surface area contributed by atoms with E-state index in [2.05, 4.69) is 4.98 Å². The van der Waals surface area contributed by atoms with Gasteiger partial charge in [0.15, 0.2) is 0 Å². The van der Waals surface area contributed by atoms with Gasteiger partial charge in [-0.05, 0) is 6.07 Å². The minimum atomic E-state index is -1.42. The topological polar surface area (TPSA) is 103 Å². The molecule has 0 aliphatic heterocycles. The van der Waals surface area contributed by atoms with Crippen molar-refractivity contribution >= 4 is 23.3 Å². The number of carboxylic acid groups (broad SMARTS) is 1. The monoisotopic (exact) mass is 308 g/mol. The molecule has 1 aromatic carbocycles. The Labute approximate surface area is 123 Å². The number of carbonyl (C=O) groups is 1. The van der Waals surface area contributed by atoms with Gasteiger partial charge in [-0.1, -0.05) is 29.8 Å². The van der Waals surface area contributed by atoms with Crippen LogP contribution < -0.4 is 4.74 Å². The molecule has 0 radical (unpaired) electrons. The van der Waals surface area contributed by atoms with E-state index in [1.807, 2.05) is 0 Å². The Balaban J connectivity index is 2.22. The van der Waals surface area contributed by atoms with E-state index < -0.39 is 22.1 Å². The molecule has 7 nitrogen and oxygen atoms in total. The van der Waals surface area contributed by atoms with E-state index in [4.69, 9.17) is 21.4 Å². The van der Waals surface area contributed by atoms with E-state index in [-0.39, 0.29) is 12.5 Å². The first-order chi connectivity index (χ1) is 9.99. The van der Waals surface area contributed by atoms with Crippen molar-refractivity contribution in [2.24, 2.45) is 0 Å². The highest BCUT2D eigenvalue weighted by molar-refractivity contribution is 6.31. The van der Waals surface area contributed by atoms with Crippen molar-refractivity contribution in [1.29, 1.82) is 0 Å². The highest BCUT2D eigenvalue weighted by Gasteiger charge is 2.21. The Kier molecular flexibility index (Phi) is 4.34. The van der Waals surface area contributed by atoms with Crippen LogP contribution in [0.2, 0.25) is 5.02 Å². The minimum absolute atomic E-state index is 0.0297. The van der Waals surface area contributed by atoms with Gasteiger partial charge in [-0.15, -0.1) is 0 Å². The molecule has 0 aliphatic rings. The molecule has 1 N–H and O–H groups in total. The molecule has 0 saturated heterocycles. The molecule has 108 valence electrons. The zero-order chi connectivity index (χ0) is 15.4. The second kappa shape index (κ2) is 6.19. The zero-order valence-corrected chi connectivity index (χ0v) is 11.3. The van der Waals surface area contributed by atoms with E-state index in [9.17, 15) is 14.9 Å². The van der Waals surface area contributed by atoms with Crippen LogP contribution in [0.5, 0.6) is 5.88 Å². The van der Waals surface area contributed by atoms with Gasteiger partial charge >= 0.3 is 11.7 Å². The average Bonchev–Trinajstić information content (AvgIpc) is 2.46. The van der Waals surface area contributed by atoms with Crippen LogP contribution >= 0.6 is 11.6 Å². The number of rotatable bonds is 5. The molecule has 0 aliphatic carbocycles. The molecule has 2 rings (SSSR count). The van der Waals surface area contributed by atoms with Gasteiger partial charge in [0.05, 0.1) is 4.92 Å². The van der Waals surface area contributed by atoms with Crippen LogP contribution in [0.4, 0.5) is 5.69 Å². The van der Waals surface area contributed by atoms with E-state index in [0.29, 0.717) is 10.6 Å². The first-order valence-electron chi connectivity index (χ1n) is 5.73. The predicted octanol–water partition coefficient (Wildman–Crippen LogP) is 2.92. The first kappa shape index (κ1) is 14.7. The summed E-state index contributed by atoms with van der Waals surface area (Å²) in [5.41, 5.74) is -0.382. The number of hydrogen-bond acceptors (Lipinski definition) is 5. The second-order valence-electron chi connectivity index (χ2n) is 3.98. The van der Waals surface area contributed by atoms with Crippen molar-refractivity contribution in [3.8, 4) is 5.88 Å². The molecule has 1 heterocycles. The summed E-state index contributed by atoms with van der Waals surface area (Å²) in [5, 5.41) is 20.2. The third kappa shape index (κ3) is 3.46. The molecule has 0 fully saturated rings. The molecule has 0 atom stereocenters. The van der Waals surface area contributed by atoms with Crippen molar-refractivity contribution < 1.29 is 19.6 Å². The molecule has 21 heavy (non-hydrogen) atoms. The molecule has 8 heteroatoms. The highest BCUT2D eigenvalue weighted by atomic mass is 35.5. The average molecular weight is 309 g/mol. The lowest BCUT2D eigenvalue weighted by Crippen LogP contribution is -2.05. The Bertz CT molecular complexity index is 705. The van der Waals surface area contributed by atoms with Gasteiger partial charge in [0, 0.05) is 16.7 Å². The van der Waals surface area contributed by atoms with Gasteiger partial charge in [-0.2, -0.15) is 0 Å². The Morgan fingerprint density at radius 1 is 1.43 bits per heavy atom. The number of benzene rings is 1. The van der Waals surface area contributed by atoms with Gasteiger partial charge in [-0.3, -0.25) is 10.1 Å². The lowest BCUT2D eigenvalue weighted by molar-refractivity contribution is -0.385. The maximum Gasteiger partial charge on any atom is 0.342 e. The fraction of sp³-hybridized carbons (Fsp3) is 0.0769. The fourth-order valence-electron chi connectivity index (χ4n) is 1.59. The number of nitrogens with zero attached hydrogens (tertiary/aromatic N) is 2.